The number of aryl methyl sites for hydroxylation is 1. The fraction of sp³-hybridized carbons (Fsp3) is 0.320. The van der Waals surface area contributed by atoms with Gasteiger partial charge >= 0.3 is 5.97 Å². The zero-order chi connectivity index (χ0) is 24.1. The van der Waals surface area contributed by atoms with Crippen LogP contribution >= 0.6 is 34.4 Å². The Bertz CT molecular complexity index is 1190. The van der Waals surface area contributed by atoms with Crippen LogP contribution in [0.15, 0.2) is 46.7 Å². The van der Waals surface area contributed by atoms with E-state index in [4.69, 9.17) is 4.74 Å². The molecule has 3 aromatic rings. The van der Waals surface area contributed by atoms with Crippen molar-refractivity contribution in [1.82, 2.24) is 0 Å². The van der Waals surface area contributed by atoms with Crippen LogP contribution < -0.4 is 10.6 Å². The van der Waals surface area contributed by atoms with Gasteiger partial charge in [0.05, 0.1) is 22.8 Å². The molecule has 6 nitrogen and oxygen atoms in total. The van der Waals surface area contributed by atoms with Crippen molar-refractivity contribution in [1.29, 1.82) is 0 Å². The molecule has 1 unspecified atom stereocenters. The van der Waals surface area contributed by atoms with Gasteiger partial charge in [-0.3, -0.25) is 9.59 Å². The Morgan fingerprint density at radius 3 is 2.68 bits per heavy atom. The van der Waals surface area contributed by atoms with Gasteiger partial charge in [0.15, 0.2) is 0 Å². The fourth-order valence-corrected chi connectivity index (χ4v) is 6.81. The summed E-state index contributed by atoms with van der Waals surface area (Å²) in [6, 6.07) is 11.1. The summed E-state index contributed by atoms with van der Waals surface area (Å²) in [5, 5.41) is 8.01. The van der Waals surface area contributed by atoms with Crippen LogP contribution in [0.4, 0.5) is 10.7 Å². The lowest BCUT2D eigenvalue weighted by molar-refractivity contribution is -0.115. The molecule has 0 fully saturated rings. The first-order chi connectivity index (χ1) is 16.5. The van der Waals surface area contributed by atoms with Crippen LogP contribution in [0, 0.1) is 0 Å². The highest BCUT2D eigenvalue weighted by Gasteiger charge is 2.28. The molecule has 0 aliphatic heterocycles. The summed E-state index contributed by atoms with van der Waals surface area (Å²) in [5.41, 5.74) is 2.21. The van der Waals surface area contributed by atoms with Gasteiger partial charge in [0.2, 0.25) is 5.91 Å². The van der Waals surface area contributed by atoms with Crippen molar-refractivity contribution in [2.45, 2.75) is 49.2 Å². The van der Waals surface area contributed by atoms with E-state index in [9.17, 15) is 14.4 Å². The monoisotopic (exact) mass is 514 g/mol. The minimum atomic E-state index is -0.399. The number of rotatable bonds is 8. The second kappa shape index (κ2) is 11.2. The summed E-state index contributed by atoms with van der Waals surface area (Å²) < 4.78 is 5.01. The molecule has 34 heavy (non-hydrogen) atoms. The molecule has 2 N–H and O–H groups in total. The summed E-state index contributed by atoms with van der Waals surface area (Å²) in [6.45, 7) is 1.96. The van der Waals surface area contributed by atoms with Crippen LogP contribution in [0.5, 0.6) is 0 Å². The van der Waals surface area contributed by atoms with Gasteiger partial charge in [-0.2, -0.15) is 0 Å². The second-order valence-corrected chi connectivity index (χ2v) is 11.2. The molecule has 1 atom stereocenters. The normalized spacial score (nSPS) is 13.6. The molecule has 1 aromatic carbocycles. The van der Waals surface area contributed by atoms with Crippen LogP contribution in [0.1, 0.15) is 56.7 Å². The Balaban J connectivity index is 1.47. The molecule has 0 bridgehead atoms. The average Bonchev–Trinajstić information content (AvgIpc) is 3.50. The number of anilines is 2. The Morgan fingerprint density at radius 1 is 1.12 bits per heavy atom. The quantitative estimate of drug-likeness (QED) is 0.275. The predicted molar refractivity (Wildman–Crippen MR) is 140 cm³/mol. The van der Waals surface area contributed by atoms with Gasteiger partial charge in [-0.25, -0.2) is 4.79 Å². The highest BCUT2D eigenvalue weighted by molar-refractivity contribution is 8.00. The number of carbonyl (C=O) groups excluding carboxylic acids is 3. The Hall–Kier alpha value is -2.62. The summed E-state index contributed by atoms with van der Waals surface area (Å²) in [5.74, 6) is -0.701. The number of nitrogens with one attached hydrogen (secondary N) is 2. The number of thiophene rings is 2. The third kappa shape index (κ3) is 5.54. The zero-order valence-electron chi connectivity index (χ0n) is 19.0. The first-order valence-electron chi connectivity index (χ1n) is 11.2. The molecular formula is C25H26N2O4S3. The van der Waals surface area contributed by atoms with Gasteiger partial charge in [-0.1, -0.05) is 19.1 Å². The molecule has 2 aromatic heterocycles. The van der Waals surface area contributed by atoms with Crippen LogP contribution in [-0.4, -0.2) is 30.1 Å². The molecule has 1 aliphatic rings. The Kier molecular flexibility index (Phi) is 8.07. The highest BCUT2D eigenvalue weighted by Crippen LogP contribution is 2.39. The number of thioether (sulfide) groups is 1. The minimum absolute atomic E-state index is 0.149. The first-order valence-corrected chi connectivity index (χ1v) is 13.7. The molecule has 1 aliphatic carbocycles. The number of benzene rings is 1. The standard InChI is InChI=1S/C25H26N2O4S3/c1-3-18(33-16-9-6-8-15(14-16)26-23(29)20-12-7-13-32-20)22(28)27-24-21(25(30)31-2)17-10-4-5-11-19(17)34-24/h6-9,12-14,18H,3-5,10-11H2,1-2H3,(H,26,29)(H,27,28). The van der Waals surface area contributed by atoms with E-state index in [1.54, 1.807) is 6.07 Å². The second-order valence-electron chi connectivity index (χ2n) is 7.87. The SMILES string of the molecule is CCC(Sc1cccc(NC(=O)c2cccs2)c1)C(=O)Nc1sc2c(c1C(=O)OC)CCCC2. The molecule has 0 saturated carbocycles. The maximum atomic E-state index is 13.2. The average molecular weight is 515 g/mol. The van der Waals surface area contributed by atoms with E-state index >= 15 is 0 Å². The molecule has 0 saturated heterocycles. The van der Waals surface area contributed by atoms with E-state index in [0.717, 1.165) is 41.0 Å². The maximum absolute atomic E-state index is 13.2. The number of ether oxygens (including phenoxy) is 1. The third-order valence-electron chi connectivity index (χ3n) is 5.58. The molecule has 2 heterocycles. The van der Waals surface area contributed by atoms with Crippen molar-refractivity contribution in [2.75, 3.05) is 17.7 Å². The minimum Gasteiger partial charge on any atom is -0.465 e. The van der Waals surface area contributed by atoms with Gasteiger partial charge in [0.25, 0.3) is 5.91 Å². The van der Waals surface area contributed by atoms with Crippen LogP contribution in [0.25, 0.3) is 0 Å². The van der Waals surface area contributed by atoms with E-state index < -0.39 is 5.97 Å². The Morgan fingerprint density at radius 2 is 1.94 bits per heavy atom. The lowest BCUT2D eigenvalue weighted by Gasteiger charge is -2.16. The van der Waals surface area contributed by atoms with E-state index in [1.807, 2.05) is 42.6 Å². The van der Waals surface area contributed by atoms with Crippen LogP contribution in [0.3, 0.4) is 0 Å². The van der Waals surface area contributed by atoms with E-state index in [1.165, 1.54) is 41.5 Å². The summed E-state index contributed by atoms with van der Waals surface area (Å²) >= 11 is 4.31. The maximum Gasteiger partial charge on any atom is 0.341 e. The third-order valence-corrected chi connectivity index (χ3v) is 9.01. The van der Waals surface area contributed by atoms with Gasteiger partial charge in [-0.15, -0.1) is 34.4 Å². The van der Waals surface area contributed by atoms with Crippen molar-refractivity contribution in [2.24, 2.45) is 0 Å². The number of hydrogen-bond acceptors (Lipinski definition) is 7. The van der Waals surface area contributed by atoms with Crippen molar-refractivity contribution in [3.63, 3.8) is 0 Å². The number of fused-ring (bicyclic) bond motifs is 1. The van der Waals surface area contributed by atoms with Crippen LogP contribution in [-0.2, 0) is 22.4 Å². The number of esters is 1. The smallest absolute Gasteiger partial charge is 0.341 e. The number of amides is 2. The van der Waals surface area contributed by atoms with Crippen molar-refractivity contribution < 1.29 is 19.1 Å². The first kappa shape index (κ1) is 24.5. The van der Waals surface area contributed by atoms with Crippen molar-refractivity contribution in [3.8, 4) is 0 Å². The summed E-state index contributed by atoms with van der Waals surface area (Å²) in [4.78, 5) is 40.7. The lowest BCUT2D eigenvalue weighted by Crippen LogP contribution is -2.25. The zero-order valence-corrected chi connectivity index (χ0v) is 21.5. The molecule has 178 valence electrons. The lowest BCUT2D eigenvalue weighted by atomic mass is 9.95. The number of carbonyl (C=O) groups is 3. The van der Waals surface area contributed by atoms with Gasteiger partial charge in [-0.05, 0) is 67.3 Å². The fourth-order valence-electron chi connectivity index (χ4n) is 3.90. The summed E-state index contributed by atoms with van der Waals surface area (Å²) in [7, 11) is 1.37. The van der Waals surface area contributed by atoms with E-state index in [2.05, 4.69) is 10.6 Å². The van der Waals surface area contributed by atoms with Gasteiger partial charge < -0.3 is 15.4 Å². The molecule has 4 rings (SSSR count). The van der Waals surface area contributed by atoms with Crippen LogP contribution in [0.2, 0.25) is 0 Å². The van der Waals surface area contributed by atoms with Gasteiger partial charge in [0, 0.05) is 15.5 Å². The van der Waals surface area contributed by atoms with E-state index in [0.29, 0.717) is 27.5 Å². The number of methoxy groups -OCH3 is 1. The largest absolute Gasteiger partial charge is 0.465 e. The Labute approximate surface area is 211 Å². The highest BCUT2D eigenvalue weighted by atomic mass is 32.2. The molecule has 9 heteroatoms. The number of hydrogen-bond donors (Lipinski definition) is 2. The molecule has 2 amide bonds. The van der Waals surface area contributed by atoms with Crippen molar-refractivity contribution in [3.05, 3.63) is 62.7 Å². The molecular weight excluding hydrogens is 488 g/mol. The predicted octanol–water partition coefficient (Wildman–Crippen LogP) is 6.24. The summed E-state index contributed by atoms with van der Waals surface area (Å²) in [6.07, 6.45) is 4.50. The van der Waals surface area contributed by atoms with Gasteiger partial charge in [0.1, 0.15) is 5.00 Å². The molecule has 0 spiro atoms. The molecule has 0 radical (unpaired) electrons. The van der Waals surface area contributed by atoms with E-state index in [-0.39, 0.29) is 17.1 Å². The van der Waals surface area contributed by atoms with Crippen molar-refractivity contribution >= 4 is 62.9 Å². The topological polar surface area (TPSA) is 84.5 Å².